The number of halogens is 2. The van der Waals surface area contributed by atoms with Crippen molar-refractivity contribution in [3.63, 3.8) is 0 Å². The van der Waals surface area contributed by atoms with Crippen LogP contribution < -0.4 is 4.90 Å². The molecule has 1 aliphatic heterocycles. The largest absolute Gasteiger partial charge is 0.341 e. The second-order valence-electron chi connectivity index (χ2n) is 3.00. The molecule has 1 aliphatic rings. The number of rotatable bonds is 1. The van der Waals surface area contributed by atoms with E-state index in [1.54, 1.807) is 6.20 Å². The molecule has 0 amide bonds. The lowest BCUT2D eigenvalue weighted by atomic mass is 10.4. The molecule has 1 aromatic heterocycles. The van der Waals surface area contributed by atoms with E-state index in [1.807, 2.05) is 0 Å². The van der Waals surface area contributed by atoms with Crippen molar-refractivity contribution in [2.24, 2.45) is 0 Å². The average molecular weight is 263 g/mol. The maximum Gasteiger partial charge on any atom is 0.226 e. The molecule has 0 unspecified atom stereocenters. The Morgan fingerprint density at radius 2 is 2.08 bits per heavy atom. The molecule has 2 heterocycles. The van der Waals surface area contributed by atoms with E-state index in [1.165, 1.54) is 12.8 Å². The molecule has 13 heavy (non-hydrogen) atoms. The lowest BCUT2D eigenvalue weighted by Gasteiger charge is -2.14. The topological polar surface area (TPSA) is 29.0 Å². The summed E-state index contributed by atoms with van der Waals surface area (Å²) in [5.41, 5.74) is 0. The van der Waals surface area contributed by atoms with Gasteiger partial charge in [-0.1, -0.05) is 11.6 Å². The van der Waals surface area contributed by atoms with Gasteiger partial charge in [-0.3, -0.25) is 0 Å². The summed E-state index contributed by atoms with van der Waals surface area (Å²) >= 11 is 9.13. The highest BCUT2D eigenvalue weighted by molar-refractivity contribution is 9.10. The zero-order valence-corrected chi connectivity index (χ0v) is 9.35. The smallest absolute Gasteiger partial charge is 0.226 e. The first-order chi connectivity index (χ1) is 6.27. The maximum absolute atomic E-state index is 5.87. The summed E-state index contributed by atoms with van der Waals surface area (Å²) in [4.78, 5) is 10.5. The summed E-state index contributed by atoms with van der Waals surface area (Å²) in [7, 11) is 0. The van der Waals surface area contributed by atoms with Crippen molar-refractivity contribution in [1.29, 1.82) is 0 Å². The Labute approximate surface area is 90.3 Å². The van der Waals surface area contributed by atoms with E-state index in [2.05, 4.69) is 30.8 Å². The third-order valence-electron chi connectivity index (χ3n) is 2.08. The Morgan fingerprint density at radius 1 is 1.38 bits per heavy atom. The molecular weight excluding hydrogens is 253 g/mol. The van der Waals surface area contributed by atoms with E-state index in [-0.39, 0.29) is 0 Å². The number of nitrogens with zero attached hydrogens (tertiary/aromatic N) is 3. The van der Waals surface area contributed by atoms with Gasteiger partial charge in [0.1, 0.15) is 5.15 Å². The SMILES string of the molecule is Clc1nc(N2CCCC2)ncc1Br. The number of hydrogen-bond donors (Lipinski definition) is 0. The van der Waals surface area contributed by atoms with Crippen LogP contribution in [0.2, 0.25) is 5.15 Å². The van der Waals surface area contributed by atoms with Gasteiger partial charge in [0.05, 0.1) is 4.47 Å². The van der Waals surface area contributed by atoms with Gasteiger partial charge in [-0.15, -0.1) is 0 Å². The standard InChI is InChI=1S/C8H9BrClN3/c9-6-5-11-8(12-7(6)10)13-3-1-2-4-13/h5H,1-4H2. The maximum atomic E-state index is 5.87. The van der Waals surface area contributed by atoms with Crippen LogP contribution in [0.25, 0.3) is 0 Å². The Kier molecular flexibility index (Phi) is 2.69. The van der Waals surface area contributed by atoms with Crippen molar-refractivity contribution < 1.29 is 0 Å². The molecular formula is C8H9BrClN3. The van der Waals surface area contributed by atoms with Crippen LogP contribution in [-0.4, -0.2) is 23.1 Å². The zero-order chi connectivity index (χ0) is 9.26. The first kappa shape index (κ1) is 9.21. The fourth-order valence-corrected chi connectivity index (χ4v) is 1.72. The van der Waals surface area contributed by atoms with Gasteiger partial charge >= 0.3 is 0 Å². The normalized spacial score (nSPS) is 16.6. The Bertz CT molecular complexity index is 312. The highest BCUT2D eigenvalue weighted by Gasteiger charge is 2.15. The van der Waals surface area contributed by atoms with Crippen molar-refractivity contribution in [3.8, 4) is 0 Å². The van der Waals surface area contributed by atoms with Gasteiger partial charge in [0.2, 0.25) is 5.95 Å². The molecule has 3 nitrogen and oxygen atoms in total. The molecule has 1 aromatic rings. The van der Waals surface area contributed by atoms with Gasteiger partial charge < -0.3 is 4.90 Å². The van der Waals surface area contributed by atoms with Crippen LogP contribution in [-0.2, 0) is 0 Å². The first-order valence-corrected chi connectivity index (χ1v) is 5.37. The number of anilines is 1. The summed E-state index contributed by atoms with van der Waals surface area (Å²) < 4.78 is 0.747. The highest BCUT2D eigenvalue weighted by Crippen LogP contribution is 2.22. The monoisotopic (exact) mass is 261 g/mol. The van der Waals surface area contributed by atoms with Gasteiger partial charge in [-0.2, -0.15) is 4.98 Å². The molecule has 0 aromatic carbocycles. The number of aromatic nitrogens is 2. The average Bonchev–Trinajstić information content (AvgIpc) is 2.62. The molecule has 1 fully saturated rings. The van der Waals surface area contributed by atoms with Crippen molar-refractivity contribution in [2.75, 3.05) is 18.0 Å². The minimum absolute atomic E-state index is 0.483. The van der Waals surface area contributed by atoms with E-state index in [4.69, 9.17) is 11.6 Å². The molecule has 0 N–H and O–H groups in total. The van der Waals surface area contributed by atoms with E-state index in [0.717, 1.165) is 23.5 Å². The quantitative estimate of drug-likeness (QED) is 0.728. The zero-order valence-electron chi connectivity index (χ0n) is 7.00. The lowest BCUT2D eigenvalue weighted by molar-refractivity contribution is 0.896. The Morgan fingerprint density at radius 3 is 2.69 bits per heavy atom. The minimum Gasteiger partial charge on any atom is -0.341 e. The highest BCUT2D eigenvalue weighted by atomic mass is 79.9. The fourth-order valence-electron chi connectivity index (χ4n) is 1.41. The van der Waals surface area contributed by atoms with Gasteiger partial charge in [0.15, 0.2) is 0 Å². The summed E-state index contributed by atoms with van der Waals surface area (Å²) in [6.45, 7) is 2.08. The van der Waals surface area contributed by atoms with E-state index < -0.39 is 0 Å². The molecule has 70 valence electrons. The van der Waals surface area contributed by atoms with Crippen LogP contribution in [0.4, 0.5) is 5.95 Å². The molecule has 2 rings (SSSR count). The molecule has 0 aliphatic carbocycles. The van der Waals surface area contributed by atoms with Gasteiger partial charge in [-0.25, -0.2) is 4.98 Å². The summed E-state index contributed by atoms with van der Waals surface area (Å²) in [6, 6.07) is 0. The summed E-state index contributed by atoms with van der Waals surface area (Å²) in [5, 5.41) is 0.483. The van der Waals surface area contributed by atoms with Gasteiger partial charge in [0.25, 0.3) is 0 Å². The van der Waals surface area contributed by atoms with Crippen molar-refractivity contribution in [2.45, 2.75) is 12.8 Å². The number of hydrogen-bond acceptors (Lipinski definition) is 3. The summed E-state index contributed by atoms with van der Waals surface area (Å²) in [6.07, 6.45) is 4.14. The summed E-state index contributed by atoms with van der Waals surface area (Å²) in [5.74, 6) is 0.741. The lowest BCUT2D eigenvalue weighted by Crippen LogP contribution is -2.20. The second-order valence-corrected chi connectivity index (χ2v) is 4.22. The molecule has 0 spiro atoms. The van der Waals surface area contributed by atoms with E-state index >= 15 is 0 Å². The first-order valence-electron chi connectivity index (χ1n) is 4.20. The Hall–Kier alpha value is -0.350. The van der Waals surface area contributed by atoms with Crippen molar-refractivity contribution >= 4 is 33.5 Å². The molecule has 0 bridgehead atoms. The molecule has 0 radical (unpaired) electrons. The molecule has 0 saturated carbocycles. The van der Waals surface area contributed by atoms with Crippen LogP contribution in [0, 0.1) is 0 Å². The van der Waals surface area contributed by atoms with Crippen LogP contribution in [0.3, 0.4) is 0 Å². The van der Waals surface area contributed by atoms with Crippen LogP contribution >= 0.6 is 27.5 Å². The Balaban J connectivity index is 2.25. The predicted octanol–water partition coefficient (Wildman–Crippen LogP) is 2.49. The van der Waals surface area contributed by atoms with Crippen molar-refractivity contribution in [3.05, 3.63) is 15.8 Å². The van der Waals surface area contributed by atoms with Crippen LogP contribution in [0.5, 0.6) is 0 Å². The van der Waals surface area contributed by atoms with Gasteiger partial charge in [0, 0.05) is 19.3 Å². The van der Waals surface area contributed by atoms with E-state index in [0.29, 0.717) is 5.15 Å². The van der Waals surface area contributed by atoms with Crippen LogP contribution in [0.1, 0.15) is 12.8 Å². The second kappa shape index (κ2) is 3.80. The third kappa shape index (κ3) is 1.94. The minimum atomic E-state index is 0.483. The van der Waals surface area contributed by atoms with Crippen LogP contribution in [0.15, 0.2) is 10.7 Å². The molecule has 5 heteroatoms. The third-order valence-corrected chi connectivity index (χ3v) is 3.17. The van der Waals surface area contributed by atoms with Gasteiger partial charge in [-0.05, 0) is 28.8 Å². The molecule has 1 saturated heterocycles. The fraction of sp³-hybridized carbons (Fsp3) is 0.500. The molecule has 0 atom stereocenters. The van der Waals surface area contributed by atoms with Crippen molar-refractivity contribution in [1.82, 2.24) is 9.97 Å². The predicted molar refractivity (Wildman–Crippen MR) is 56.2 cm³/mol. The van der Waals surface area contributed by atoms with E-state index in [9.17, 15) is 0 Å².